The van der Waals surface area contributed by atoms with Crippen LogP contribution in [0.1, 0.15) is 70.6 Å². The van der Waals surface area contributed by atoms with Gasteiger partial charge in [-0.05, 0) is 29.3 Å². The predicted octanol–water partition coefficient (Wildman–Crippen LogP) is 5.12. The molecule has 0 unspecified atom stereocenters. The molecule has 3 rings (SSSR count). The minimum absolute atomic E-state index is 0.0981. The van der Waals surface area contributed by atoms with Crippen molar-refractivity contribution in [3.05, 3.63) is 58.8 Å². The molecule has 2 N–H and O–H groups in total. The fourth-order valence-corrected chi connectivity index (χ4v) is 3.88. The molecule has 0 saturated heterocycles. The standard InChI is InChI=1S/C22H29N3OS/c1-14(2)19(16-9-11-17(12-10-16)22(4,5)6)23-15(3)20-24-25-21(26-20)18-8-7-13-27-18/h7-15,19,23H,1-6H3/p+1/t15-,19-/m1/s1. The van der Waals surface area contributed by atoms with E-state index in [0.717, 1.165) is 4.88 Å². The van der Waals surface area contributed by atoms with Gasteiger partial charge in [0.05, 0.1) is 4.88 Å². The molecular formula is C22H30N3OS+. The summed E-state index contributed by atoms with van der Waals surface area (Å²) in [7, 11) is 0. The highest BCUT2D eigenvalue weighted by molar-refractivity contribution is 7.13. The molecule has 0 bridgehead atoms. The van der Waals surface area contributed by atoms with Gasteiger partial charge < -0.3 is 9.73 Å². The maximum atomic E-state index is 5.93. The Hall–Kier alpha value is -1.98. The summed E-state index contributed by atoms with van der Waals surface area (Å²) in [4.78, 5) is 1.01. The van der Waals surface area contributed by atoms with Crippen LogP contribution in [0, 0.1) is 5.92 Å². The van der Waals surface area contributed by atoms with Crippen LogP contribution in [0.3, 0.4) is 0 Å². The van der Waals surface area contributed by atoms with Crippen LogP contribution in [0.5, 0.6) is 0 Å². The van der Waals surface area contributed by atoms with Gasteiger partial charge in [0.25, 0.3) is 11.8 Å². The third-order valence-corrected chi connectivity index (χ3v) is 5.80. The zero-order valence-electron chi connectivity index (χ0n) is 17.1. The number of thiophene rings is 1. The van der Waals surface area contributed by atoms with Crippen LogP contribution < -0.4 is 5.32 Å². The van der Waals surface area contributed by atoms with E-state index in [0.29, 0.717) is 23.7 Å². The number of nitrogens with zero attached hydrogens (tertiary/aromatic N) is 2. The van der Waals surface area contributed by atoms with E-state index in [1.165, 1.54) is 11.1 Å². The van der Waals surface area contributed by atoms with E-state index in [9.17, 15) is 0 Å². The quantitative estimate of drug-likeness (QED) is 0.642. The lowest BCUT2D eigenvalue weighted by molar-refractivity contribution is -0.739. The number of hydrogen-bond donors (Lipinski definition) is 1. The summed E-state index contributed by atoms with van der Waals surface area (Å²) < 4.78 is 5.93. The Kier molecular flexibility index (Phi) is 5.82. The van der Waals surface area contributed by atoms with Crippen LogP contribution >= 0.6 is 11.3 Å². The molecule has 2 aromatic heterocycles. The van der Waals surface area contributed by atoms with Gasteiger partial charge in [0, 0.05) is 11.5 Å². The van der Waals surface area contributed by atoms with E-state index in [1.54, 1.807) is 11.3 Å². The van der Waals surface area contributed by atoms with Gasteiger partial charge in [-0.25, -0.2) is 0 Å². The zero-order valence-corrected chi connectivity index (χ0v) is 17.9. The Bertz CT molecular complexity index is 845. The summed E-state index contributed by atoms with van der Waals surface area (Å²) >= 11 is 1.61. The number of quaternary nitrogens is 1. The largest absolute Gasteiger partial charge is 0.414 e. The Morgan fingerprint density at radius 2 is 1.70 bits per heavy atom. The molecule has 2 heterocycles. The summed E-state index contributed by atoms with van der Waals surface area (Å²) in [6.45, 7) is 13.4. The number of benzene rings is 1. The molecule has 0 saturated carbocycles. The lowest BCUT2D eigenvalue weighted by Crippen LogP contribution is -2.86. The van der Waals surface area contributed by atoms with E-state index in [4.69, 9.17) is 4.42 Å². The Labute approximate surface area is 166 Å². The monoisotopic (exact) mass is 384 g/mol. The van der Waals surface area contributed by atoms with Gasteiger partial charge >= 0.3 is 0 Å². The fraction of sp³-hybridized carbons (Fsp3) is 0.455. The molecule has 5 heteroatoms. The van der Waals surface area contributed by atoms with Gasteiger partial charge in [0.15, 0.2) is 6.04 Å². The molecule has 0 aliphatic carbocycles. The second kappa shape index (κ2) is 7.95. The minimum Gasteiger partial charge on any atom is -0.414 e. The molecule has 0 amide bonds. The SMILES string of the molecule is CC(C)[C@@H]([NH2+][C@H](C)c1nnc(-c2cccs2)o1)c1ccc(C(C)(C)C)cc1. The van der Waals surface area contributed by atoms with Crippen molar-refractivity contribution in [2.75, 3.05) is 0 Å². The van der Waals surface area contributed by atoms with Crippen molar-refractivity contribution in [3.63, 3.8) is 0 Å². The van der Waals surface area contributed by atoms with Gasteiger partial charge in [-0.3, -0.25) is 0 Å². The van der Waals surface area contributed by atoms with Crippen molar-refractivity contribution in [1.82, 2.24) is 10.2 Å². The summed E-state index contributed by atoms with van der Waals surface area (Å²) in [6.07, 6.45) is 0. The molecule has 0 spiro atoms. The van der Waals surface area contributed by atoms with Gasteiger partial charge in [0.1, 0.15) is 6.04 Å². The molecule has 144 valence electrons. The molecule has 1 aromatic carbocycles. The Morgan fingerprint density at radius 1 is 1.00 bits per heavy atom. The Balaban J connectivity index is 1.76. The first-order valence-electron chi connectivity index (χ1n) is 9.58. The number of hydrogen-bond acceptors (Lipinski definition) is 4. The molecule has 27 heavy (non-hydrogen) atoms. The van der Waals surface area contributed by atoms with Crippen molar-refractivity contribution >= 4 is 11.3 Å². The summed E-state index contributed by atoms with van der Waals surface area (Å²) in [6, 6.07) is 13.5. The molecule has 0 aliphatic heterocycles. The first-order valence-corrected chi connectivity index (χ1v) is 10.5. The molecule has 0 aliphatic rings. The third kappa shape index (κ3) is 4.66. The van der Waals surface area contributed by atoms with E-state index in [2.05, 4.69) is 81.3 Å². The van der Waals surface area contributed by atoms with Gasteiger partial charge in [-0.2, -0.15) is 0 Å². The molecule has 2 atom stereocenters. The van der Waals surface area contributed by atoms with Crippen molar-refractivity contribution in [2.24, 2.45) is 5.92 Å². The highest BCUT2D eigenvalue weighted by Gasteiger charge is 2.26. The average molecular weight is 385 g/mol. The van der Waals surface area contributed by atoms with E-state index >= 15 is 0 Å². The Morgan fingerprint density at radius 3 is 2.26 bits per heavy atom. The normalized spacial score (nSPS) is 14.5. The van der Waals surface area contributed by atoms with Gasteiger partial charge in [-0.15, -0.1) is 21.5 Å². The molecule has 0 fully saturated rings. The highest BCUT2D eigenvalue weighted by atomic mass is 32.1. The topological polar surface area (TPSA) is 55.5 Å². The van der Waals surface area contributed by atoms with E-state index in [1.807, 2.05) is 17.5 Å². The first-order chi connectivity index (χ1) is 12.8. The number of rotatable bonds is 6. The molecular weight excluding hydrogens is 354 g/mol. The van der Waals surface area contributed by atoms with Gasteiger partial charge in [0.2, 0.25) is 0 Å². The zero-order chi connectivity index (χ0) is 19.6. The summed E-state index contributed by atoms with van der Waals surface area (Å²) in [5.74, 6) is 1.78. The van der Waals surface area contributed by atoms with Crippen LogP contribution in [0.4, 0.5) is 0 Å². The summed E-state index contributed by atoms with van der Waals surface area (Å²) in [5.41, 5.74) is 2.87. The fourth-order valence-electron chi connectivity index (χ4n) is 3.24. The molecule has 0 radical (unpaired) electrons. The molecule has 4 nitrogen and oxygen atoms in total. The smallest absolute Gasteiger partial charge is 0.274 e. The number of nitrogens with two attached hydrogens (primary N) is 1. The summed E-state index contributed by atoms with van der Waals surface area (Å²) in [5, 5.41) is 12.9. The third-order valence-electron chi connectivity index (χ3n) is 4.94. The maximum absolute atomic E-state index is 5.93. The lowest BCUT2D eigenvalue weighted by Gasteiger charge is -2.24. The van der Waals surface area contributed by atoms with Crippen LogP contribution in [-0.4, -0.2) is 10.2 Å². The van der Waals surface area contributed by atoms with Crippen LogP contribution in [-0.2, 0) is 5.41 Å². The van der Waals surface area contributed by atoms with Crippen molar-refractivity contribution in [2.45, 2.75) is 59.0 Å². The van der Waals surface area contributed by atoms with E-state index in [-0.39, 0.29) is 11.5 Å². The average Bonchev–Trinajstić information content (AvgIpc) is 3.29. The first kappa shape index (κ1) is 19.8. The minimum atomic E-state index is 0.0981. The van der Waals surface area contributed by atoms with Crippen LogP contribution in [0.15, 0.2) is 46.2 Å². The van der Waals surface area contributed by atoms with Crippen molar-refractivity contribution in [1.29, 1.82) is 0 Å². The number of aromatic nitrogens is 2. The second-order valence-corrected chi connectivity index (χ2v) is 9.49. The molecule has 3 aromatic rings. The van der Waals surface area contributed by atoms with E-state index < -0.39 is 0 Å². The predicted molar refractivity (Wildman–Crippen MR) is 111 cm³/mol. The maximum Gasteiger partial charge on any atom is 0.274 e. The van der Waals surface area contributed by atoms with Crippen LogP contribution in [0.2, 0.25) is 0 Å². The van der Waals surface area contributed by atoms with Gasteiger partial charge in [-0.1, -0.05) is 65.0 Å². The lowest BCUT2D eigenvalue weighted by atomic mass is 9.85. The van der Waals surface area contributed by atoms with Crippen LogP contribution in [0.25, 0.3) is 10.8 Å². The second-order valence-electron chi connectivity index (χ2n) is 8.55. The highest BCUT2D eigenvalue weighted by Crippen LogP contribution is 2.27. The van der Waals surface area contributed by atoms with Crippen molar-refractivity contribution < 1.29 is 9.73 Å². The van der Waals surface area contributed by atoms with Crippen molar-refractivity contribution in [3.8, 4) is 10.8 Å².